The van der Waals surface area contributed by atoms with Crippen molar-refractivity contribution >= 4 is 17.3 Å². The van der Waals surface area contributed by atoms with Crippen LogP contribution in [0.1, 0.15) is 12.6 Å². The fourth-order valence-electron chi connectivity index (χ4n) is 1.38. The average molecular weight is 273 g/mol. The Hall–Kier alpha value is -1.63. The Morgan fingerprint density at radius 1 is 1.33 bits per heavy atom. The zero-order valence-electron chi connectivity index (χ0n) is 9.45. The Labute approximate surface area is 106 Å². The van der Waals surface area contributed by atoms with Crippen molar-refractivity contribution in [2.24, 2.45) is 0 Å². The molecule has 2 heterocycles. The van der Waals surface area contributed by atoms with Gasteiger partial charge in [0, 0.05) is 6.54 Å². The molecular formula is C11H10F3N3S. The number of rotatable bonds is 3. The van der Waals surface area contributed by atoms with Gasteiger partial charge in [0.05, 0.1) is 10.6 Å². The molecule has 2 rings (SSSR count). The molecule has 2 aromatic rings. The number of thiophene rings is 1. The maximum absolute atomic E-state index is 12.7. The van der Waals surface area contributed by atoms with Crippen molar-refractivity contribution in [3.05, 3.63) is 29.3 Å². The third-order valence-corrected chi connectivity index (χ3v) is 3.02. The van der Waals surface area contributed by atoms with Crippen LogP contribution in [0.15, 0.2) is 23.6 Å². The van der Waals surface area contributed by atoms with E-state index in [9.17, 15) is 13.2 Å². The minimum Gasteiger partial charge on any atom is -0.354 e. The van der Waals surface area contributed by atoms with Crippen LogP contribution in [0.5, 0.6) is 0 Å². The molecule has 0 aliphatic heterocycles. The summed E-state index contributed by atoms with van der Waals surface area (Å²) in [5, 5.41) is 4.49. The van der Waals surface area contributed by atoms with Crippen LogP contribution in [0.25, 0.3) is 10.6 Å². The maximum atomic E-state index is 12.7. The van der Waals surface area contributed by atoms with Gasteiger partial charge in [0.1, 0.15) is 0 Å². The van der Waals surface area contributed by atoms with E-state index in [-0.39, 0.29) is 11.6 Å². The van der Waals surface area contributed by atoms with Gasteiger partial charge in [-0.25, -0.2) is 9.97 Å². The highest BCUT2D eigenvalue weighted by atomic mass is 32.1. The first-order valence-electron chi connectivity index (χ1n) is 5.24. The van der Waals surface area contributed by atoms with Gasteiger partial charge >= 0.3 is 6.18 Å². The topological polar surface area (TPSA) is 37.8 Å². The SMILES string of the molecule is CCNc1nc(-c2cccs2)cc(C(F)(F)F)n1. The predicted octanol–water partition coefficient (Wildman–Crippen LogP) is 3.66. The van der Waals surface area contributed by atoms with Crippen LogP contribution in [0.2, 0.25) is 0 Å². The zero-order chi connectivity index (χ0) is 13.2. The summed E-state index contributed by atoms with van der Waals surface area (Å²) in [6, 6.07) is 4.46. The third kappa shape index (κ3) is 2.79. The summed E-state index contributed by atoms with van der Waals surface area (Å²) < 4.78 is 38.1. The van der Waals surface area contributed by atoms with Crippen molar-refractivity contribution < 1.29 is 13.2 Å². The van der Waals surface area contributed by atoms with E-state index >= 15 is 0 Å². The summed E-state index contributed by atoms with van der Waals surface area (Å²) >= 11 is 1.34. The monoisotopic (exact) mass is 273 g/mol. The Bertz CT molecular complexity index is 523. The fourth-order valence-corrected chi connectivity index (χ4v) is 2.07. The molecule has 96 valence electrons. The first-order chi connectivity index (χ1) is 8.50. The normalized spacial score (nSPS) is 11.6. The summed E-state index contributed by atoms with van der Waals surface area (Å²) in [7, 11) is 0. The van der Waals surface area contributed by atoms with Crippen LogP contribution in [0.3, 0.4) is 0 Å². The highest BCUT2D eigenvalue weighted by Crippen LogP contribution is 2.32. The molecule has 0 saturated carbocycles. The van der Waals surface area contributed by atoms with Crippen LogP contribution < -0.4 is 5.32 Å². The predicted molar refractivity (Wildman–Crippen MR) is 64.5 cm³/mol. The lowest BCUT2D eigenvalue weighted by Crippen LogP contribution is -2.12. The number of nitrogens with zero attached hydrogens (tertiary/aromatic N) is 2. The van der Waals surface area contributed by atoms with Crippen molar-refractivity contribution in [3.8, 4) is 10.6 Å². The first-order valence-corrected chi connectivity index (χ1v) is 6.12. The van der Waals surface area contributed by atoms with Crippen LogP contribution in [-0.4, -0.2) is 16.5 Å². The molecule has 0 aromatic carbocycles. The minimum atomic E-state index is -4.47. The van der Waals surface area contributed by atoms with Crippen molar-refractivity contribution in [1.29, 1.82) is 0 Å². The molecule has 0 bridgehead atoms. The fraction of sp³-hybridized carbons (Fsp3) is 0.273. The Kier molecular flexibility index (Phi) is 3.51. The smallest absolute Gasteiger partial charge is 0.354 e. The molecule has 18 heavy (non-hydrogen) atoms. The molecule has 0 radical (unpaired) electrons. The molecule has 3 nitrogen and oxygen atoms in total. The first kappa shape index (κ1) is 12.8. The van der Waals surface area contributed by atoms with Crippen molar-refractivity contribution in [3.63, 3.8) is 0 Å². The number of nitrogens with one attached hydrogen (secondary N) is 1. The number of halogens is 3. The number of alkyl halides is 3. The summed E-state index contributed by atoms with van der Waals surface area (Å²) in [5.74, 6) is -0.00396. The molecule has 0 aliphatic carbocycles. The largest absolute Gasteiger partial charge is 0.433 e. The molecule has 0 fully saturated rings. The van der Waals surface area contributed by atoms with Crippen LogP contribution in [-0.2, 0) is 6.18 Å². The quantitative estimate of drug-likeness (QED) is 0.927. The standard InChI is InChI=1S/C11H10F3N3S/c1-2-15-10-16-7(8-4-3-5-18-8)6-9(17-10)11(12,13)14/h3-6H,2H2,1H3,(H,15,16,17). The summed E-state index contributed by atoms with van der Waals surface area (Å²) in [6.45, 7) is 2.24. The molecule has 1 N–H and O–H groups in total. The number of hydrogen-bond donors (Lipinski definition) is 1. The highest BCUT2D eigenvalue weighted by Gasteiger charge is 2.33. The highest BCUT2D eigenvalue weighted by molar-refractivity contribution is 7.13. The van der Waals surface area contributed by atoms with Gasteiger partial charge in [0.25, 0.3) is 0 Å². The summed E-state index contributed by atoms with van der Waals surface area (Å²) in [6.07, 6.45) is -4.47. The third-order valence-electron chi connectivity index (χ3n) is 2.13. The van der Waals surface area contributed by atoms with E-state index < -0.39 is 11.9 Å². The van der Waals surface area contributed by atoms with Crippen molar-refractivity contribution in [1.82, 2.24) is 9.97 Å². The minimum absolute atomic E-state index is 0.00396. The number of hydrogen-bond acceptors (Lipinski definition) is 4. The van der Waals surface area contributed by atoms with E-state index in [1.165, 1.54) is 11.3 Å². The van der Waals surface area contributed by atoms with Gasteiger partial charge in [0.2, 0.25) is 5.95 Å². The zero-order valence-corrected chi connectivity index (χ0v) is 10.3. The van der Waals surface area contributed by atoms with Gasteiger partial charge in [-0.2, -0.15) is 13.2 Å². The molecule has 0 amide bonds. The number of anilines is 1. The Balaban J connectivity index is 2.50. The molecule has 0 saturated heterocycles. The molecule has 0 aliphatic rings. The summed E-state index contributed by atoms with van der Waals surface area (Å²) in [4.78, 5) is 8.21. The molecule has 0 unspecified atom stereocenters. The van der Waals surface area contributed by atoms with Gasteiger partial charge < -0.3 is 5.32 Å². The molecule has 2 aromatic heterocycles. The van der Waals surface area contributed by atoms with E-state index in [0.717, 1.165) is 6.07 Å². The van der Waals surface area contributed by atoms with Crippen LogP contribution in [0, 0.1) is 0 Å². The second-order valence-electron chi connectivity index (χ2n) is 3.47. The van der Waals surface area contributed by atoms with Crippen LogP contribution in [0.4, 0.5) is 19.1 Å². The Morgan fingerprint density at radius 3 is 2.67 bits per heavy atom. The summed E-state index contributed by atoms with van der Waals surface area (Å²) in [5.41, 5.74) is -0.653. The maximum Gasteiger partial charge on any atom is 0.433 e. The molecule has 0 spiro atoms. The molecule has 0 atom stereocenters. The van der Waals surface area contributed by atoms with E-state index in [2.05, 4.69) is 15.3 Å². The van der Waals surface area contributed by atoms with Gasteiger partial charge in [-0.3, -0.25) is 0 Å². The lowest BCUT2D eigenvalue weighted by molar-refractivity contribution is -0.141. The van der Waals surface area contributed by atoms with E-state index in [1.54, 1.807) is 24.4 Å². The van der Waals surface area contributed by atoms with Crippen molar-refractivity contribution in [2.45, 2.75) is 13.1 Å². The van der Waals surface area contributed by atoms with E-state index in [0.29, 0.717) is 11.4 Å². The second-order valence-corrected chi connectivity index (χ2v) is 4.42. The van der Waals surface area contributed by atoms with Crippen molar-refractivity contribution in [2.75, 3.05) is 11.9 Å². The van der Waals surface area contributed by atoms with Crippen LogP contribution >= 0.6 is 11.3 Å². The molecular weight excluding hydrogens is 263 g/mol. The van der Waals surface area contributed by atoms with E-state index in [1.807, 2.05) is 0 Å². The lowest BCUT2D eigenvalue weighted by Gasteiger charge is -2.10. The number of aromatic nitrogens is 2. The second kappa shape index (κ2) is 4.93. The lowest BCUT2D eigenvalue weighted by atomic mass is 10.3. The van der Waals surface area contributed by atoms with Gasteiger partial charge in [-0.05, 0) is 24.4 Å². The van der Waals surface area contributed by atoms with E-state index in [4.69, 9.17) is 0 Å². The van der Waals surface area contributed by atoms with Gasteiger partial charge in [-0.1, -0.05) is 6.07 Å². The Morgan fingerprint density at radius 2 is 2.11 bits per heavy atom. The van der Waals surface area contributed by atoms with Gasteiger partial charge in [0.15, 0.2) is 5.69 Å². The molecule has 7 heteroatoms. The average Bonchev–Trinajstić information content (AvgIpc) is 2.81. The van der Waals surface area contributed by atoms with Gasteiger partial charge in [-0.15, -0.1) is 11.3 Å².